The van der Waals surface area contributed by atoms with Crippen LogP contribution >= 0.6 is 22.7 Å². The van der Waals surface area contributed by atoms with Crippen molar-refractivity contribution in [1.29, 1.82) is 0 Å². The first kappa shape index (κ1) is 17.2. The summed E-state index contributed by atoms with van der Waals surface area (Å²) in [5.41, 5.74) is 2.44. The standard InChI is InChI=1S/C19H18FN3OS2/c1-13-17(26-18(21-13)14-6-11-25-12-14)19(24)23-9-7-22(8-10-23)16-5-3-2-4-15(16)20/h2-6,11-12H,7-10H2,1H3. The first-order valence-electron chi connectivity index (χ1n) is 8.42. The van der Waals surface area contributed by atoms with Crippen LogP contribution in [0, 0.1) is 12.7 Å². The Hall–Kier alpha value is -2.25. The molecule has 1 aliphatic heterocycles. The van der Waals surface area contributed by atoms with Crippen LogP contribution in [0.5, 0.6) is 0 Å². The molecule has 1 saturated heterocycles. The monoisotopic (exact) mass is 387 g/mol. The van der Waals surface area contributed by atoms with Gasteiger partial charge in [-0.15, -0.1) is 11.3 Å². The third kappa shape index (κ3) is 3.24. The van der Waals surface area contributed by atoms with E-state index in [9.17, 15) is 9.18 Å². The fourth-order valence-electron chi connectivity index (χ4n) is 3.11. The van der Waals surface area contributed by atoms with E-state index in [4.69, 9.17) is 0 Å². The normalized spacial score (nSPS) is 14.7. The summed E-state index contributed by atoms with van der Waals surface area (Å²) < 4.78 is 14.0. The molecular weight excluding hydrogens is 369 g/mol. The molecule has 7 heteroatoms. The molecule has 0 atom stereocenters. The lowest BCUT2D eigenvalue weighted by Gasteiger charge is -2.36. The summed E-state index contributed by atoms with van der Waals surface area (Å²) in [4.78, 5) is 22.0. The van der Waals surface area contributed by atoms with Gasteiger partial charge in [-0.05, 0) is 30.5 Å². The number of nitrogens with zero attached hydrogens (tertiary/aromatic N) is 3. The van der Waals surface area contributed by atoms with Gasteiger partial charge < -0.3 is 9.80 Å². The molecule has 1 aliphatic rings. The molecular formula is C19H18FN3OS2. The lowest BCUT2D eigenvalue weighted by atomic mass is 10.2. The van der Waals surface area contributed by atoms with E-state index in [1.54, 1.807) is 23.5 Å². The van der Waals surface area contributed by atoms with Crippen molar-refractivity contribution in [1.82, 2.24) is 9.88 Å². The molecule has 4 nitrogen and oxygen atoms in total. The lowest BCUT2D eigenvalue weighted by molar-refractivity contribution is 0.0750. The van der Waals surface area contributed by atoms with Gasteiger partial charge in [0.15, 0.2) is 0 Å². The van der Waals surface area contributed by atoms with Crippen LogP contribution in [0.3, 0.4) is 0 Å². The molecule has 4 rings (SSSR count). The number of benzene rings is 1. The second-order valence-electron chi connectivity index (χ2n) is 6.18. The number of carbonyl (C=O) groups excluding carboxylic acids is 1. The summed E-state index contributed by atoms with van der Waals surface area (Å²) in [5, 5.41) is 4.94. The topological polar surface area (TPSA) is 36.4 Å². The first-order valence-corrected chi connectivity index (χ1v) is 10.2. The zero-order chi connectivity index (χ0) is 18.1. The first-order chi connectivity index (χ1) is 12.6. The van der Waals surface area contributed by atoms with Crippen LogP contribution in [0.1, 0.15) is 15.4 Å². The Bertz CT molecular complexity index is 915. The van der Waals surface area contributed by atoms with Gasteiger partial charge >= 0.3 is 0 Å². The minimum Gasteiger partial charge on any atom is -0.366 e. The second kappa shape index (κ2) is 7.17. The molecule has 3 heterocycles. The smallest absolute Gasteiger partial charge is 0.265 e. The number of para-hydroxylation sites is 1. The van der Waals surface area contributed by atoms with E-state index in [0.717, 1.165) is 16.3 Å². The van der Waals surface area contributed by atoms with Crippen LogP contribution < -0.4 is 4.90 Å². The molecule has 2 aromatic heterocycles. The number of anilines is 1. The van der Waals surface area contributed by atoms with E-state index in [1.165, 1.54) is 17.4 Å². The molecule has 134 valence electrons. The highest BCUT2D eigenvalue weighted by molar-refractivity contribution is 7.17. The number of hydrogen-bond donors (Lipinski definition) is 0. The van der Waals surface area contributed by atoms with E-state index in [-0.39, 0.29) is 11.7 Å². The molecule has 0 radical (unpaired) electrons. The molecule has 0 aliphatic carbocycles. The minimum absolute atomic E-state index is 0.0228. The third-order valence-electron chi connectivity index (χ3n) is 4.52. The average Bonchev–Trinajstić information content (AvgIpc) is 3.31. The Labute approximate surface area is 159 Å². The largest absolute Gasteiger partial charge is 0.366 e. The summed E-state index contributed by atoms with van der Waals surface area (Å²) in [6.07, 6.45) is 0. The van der Waals surface area contributed by atoms with Crippen molar-refractivity contribution in [3.05, 3.63) is 57.5 Å². The average molecular weight is 388 g/mol. The quantitative estimate of drug-likeness (QED) is 0.673. The molecule has 1 aromatic carbocycles. The maximum absolute atomic E-state index is 14.0. The SMILES string of the molecule is Cc1nc(-c2ccsc2)sc1C(=O)N1CCN(c2ccccc2F)CC1. The number of piperazine rings is 1. The van der Waals surface area contributed by atoms with Crippen molar-refractivity contribution in [2.45, 2.75) is 6.92 Å². The van der Waals surface area contributed by atoms with E-state index in [1.807, 2.05) is 39.6 Å². The number of thiazole rings is 1. The number of carbonyl (C=O) groups is 1. The molecule has 1 fully saturated rings. The molecule has 0 saturated carbocycles. The molecule has 0 N–H and O–H groups in total. The summed E-state index contributed by atoms with van der Waals surface area (Å²) in [6, 6.07) is 8.80. The van der Waals surface area contributed by atoms with E-state index in [2.05, 4.69) is 4.98 Å². The van der Waals surface area contributed by atoms with E-state index < -0.39 is 0 Å². The van der Waals surface area contributed by atoms with Crippen LogP contribution in [-0.2, 0) is 0 Å². The van der Waals surface area contributed by atoms with Gasteiger partial charge in [0.2, 0.25) is 0 Å². The fourth-order valence-corrected chi connectivity index (χ4v) is 4.85. The fraction of sp³-hybridized carbons (Fsp3) is 0.263. The molecule has 26 heavy (non-hydrogen) atoms. The highest BCUT2D eigenvalue weighted by Gasteiger charge is 2.26. The van der Waals surface area contributed by atoms with Gasteiger partial charge in [0.1, 0.15) is 15.7 Å². The highest BCUT2D eigenvalue weighted by atomic mass is 32.1. The Morgan fingerprint density at radius 1 is 1.15 bits per heavy atom. The van der Waals surface area contributed by atoms with Gasteiger partial charge in [-0.2, -0.15) is 11.3 Å². The van der Waals surface area contributed by atoms with Crippen molar-refractivity contribution >= 4 is 34.3 Å². The number of halogens is 1. The molecule has 1 amide bonds. The van der Waals surface area contributed by atoms with Gasteiger partial charge in [0.25, 0.3) is 5.91 Å². The zero-order valence-electron chi connectivity index (χ0n) is 14.3. The number of aryl methyl sites for hydroxylation is 1. The molecule has 0 unspecified atom stereocenters. The maximum Gasteiger partial charge on any atom is 0.265 e. The van der Waals surface area contributed by atoms with Crippen LogP contribution in [-0.4, -0.2) is 42.0 Å². The second-order valence-corrected chi connectivity index (χ2v) is 7.96. The predicted octanol–water partition coefficient (Wildman–Crippen LogP) is 4.28. The van der Waals surface area contributed by atoms with E-state index >= 15 is 0 Å². The minimum atomic E-state index is -0.217. The summed E-state index contributed by atoms with van der Waals surface area (Å²) in [6.45, 7) is 4.30. The Balaban J connectivity index is 1.47. The van der Waals surface area contributed by atoms with Crippen LogP contribution in [0.15, 0.2) is 41.1 Å². The zero-order valence-corrected chi connectivity index (χ0v) is 15.9. The number of amides is 1. The maximum atomic E-state index is 14.0. The number of rotatable bonds is 3. The summed E-state index contributed by atoms with van der Waals surface area (Å²) in [5.74, 6) is -0.194. The van der Waals surface area contributed by atoms with Crippen molar-refractivity contribution < 1.29 is 9.18 Å². The van der Waals surface area contributed by atoms with Crippen LogP contribution in [0.2, 0.25) is 0 Å². The Morgan fingerprint density at radius 2 is 1.92 bits per heavy atom. The summed E-state index contributed by atoms with van der Waals surface area (Å²) in [7, 11) is 0. The van der Waals surface area contributed by atoms with Gasteiger partial charge in [0, 0.05) is 37.1 Å². The number of hydrogen-bond acceptors (Lipinski definition) is 5. The van der Waals surface area contributed by atoms with Gasteiger partial charge in [-0.25, -0.2) is 9.37 Å². The Morgan fingerprint density at radius 3 is 2.62 bits per heavy atom. The van der Waals surface area contributed by atoms with Crippen molar-refractivity contribution in [2.75, 3.05) is 31.1 Å². The molecule has 0 bridgehead atoms. The van der Waals surface area contributed by atoms with Crippen molar-refractivity contribution in [3.63, 3.8) is 0 Å². The Kier molecular flexibility index (Phi) is 4.74. The van der Waals surface area contributed by atoms with E-state index in [0.29, 0.717) is 36.7 Å². The predicted molar refractivity (Wildman–Crippen MR) is 105 cm³/mol. The highest BCUT2D eigenvalue weighted by Crippen LogP contribution is 2.30. The third-order valence-corrected chi connectivity index (χ3v) is 6.40. The molecule has 0 spiro atoms. The van der Waals surface area contributed by atoms with Crippen LogP contribution in [0.25, 0.3) is 10.6 Å². The van der Waals surface area contributed by atoms with Crippen molar-refractivity contribution in [3.8, 4) is 10.6 Å². The number of thiophene rings is 1. The van der Waals surface area contributed by atoms with Crippen LogP contribution in [0.4, 0.5) is 10.1 Å². The van der Waals surface area contributed by atoms with Gasteiger partial charge in [-0.3, -0.25) is 4.79 Å². The number of aromatic nitrogens is 1. The van der Waals surface area contributed by atoms with Gasteiger partial charge in [-0.1, -0.05) is 12.1 Å². The molecule has 3 aromatic rings. The summed E-state index contributed by atoms with van der Waals surface area (Å²) >= 11 is 3.07. The van der Waals surface area contributed by atoms with Gasteiger partial charge in [0.05, 0.1) is 11.4 Å². The lowest BCUT2D eigenvalue weighted by Crippen LogP contribution is -2.49. The van der Waals surface area contributed by atoms with Crippen molar-refractivity contribution in [2.24, 2.45) is 0 Å².